The third-order valence-electron chi connectivity index (χ3n) is 3.14. The average molecular weight is 231 g/mol. The Morgan fingerprint density at radius 3 is 3.18 bits per heavy atom. The lowest BCUT2D eigenvalue weighted by molar-refractivity contribution is 0.0381. The van der Waals surface area contributed by atoms with Crippen LogP contribution in [0.3, 0.4) is 0 Å². The van der Waals surface area contributed by atoms with Crippen molar-refractivity contribution in [1.29, 1.82) is 5.26 Å². The van der Waals surface area contributed by atoms with Crippen LogP contribution in [-0.2, 0) is 4.74 Å². The number of anilines is 1. The Balaban J connectivity index is 2.28. The summed E-state index contributed by atoms with van der Waals surface area (Å²) in [6.45, 7) is 6.40. The number of aryl methyl sites for hydroxylation is 1. The molecule has 90 valence electrons. The summed E-state index contributed by atoms with van der Waals surface area (Å²) in [4.78, 5) is 6.51. The maximum atomic E-state index is 9.21. The molecule has 2 rings (SSSR count). The molecule has 0 aromatic carbocycles. The summed E-state index contributed by atoms with van der Waals surface area (Å²) in [5, 5.41) is 9.21. The number of pyridine rings is 1. The smallest absolute Gasteiger partial charge is 0.146 e. The van der Waals surface area contributed by atoms with E-state index < -0.39 is 0 Å². The highest BCUT2D eigenvalue weighted by molar-refractivity contribution is 5.57. The van der Waals surface area contributed by atoms with Crippen LogP contribution < -0.4 is 4.90 Å². The highest BCUT2D eigenvalue weighted by atomic mass is 16.5. The fraction of sp³-hybridized carbons (Fsp3) is 0.538. The summed E-state index contributed by atoms with van der Waals surface area (Å²) in [5.74, 6) is 0.800. The minimum Gasteiger partial charge on any atom is -0.375 e. The van der Waals surface area contributed by atoms with Gasteiger partial charge < -0.3 is 9.64 Å². The van der Waals surface area contributed by atoms with E-state index in [0.29, 0.717) is 12.2 Å². The van der Waals surface area contributed by atoms with Gasteiger partial charge in [-0.2, -0.15) is 5.26 Å². The van der Waals surface area contributed by atoms with Crippen molar-refractivity contribution in [1.82, 2.24) is 4.98 Å². The van der Waals surface area contributed by atoms with Crippen molar-refractivity contribution in [3.63, 3.8) is 0 Å². The van der Waals surface area contributed by atoms with E-state index in [1.54, 1.807) is 6.20 Å². The molecule has 0 saturated carbocycles. The van der Waals surface area contributed by atoms with Crippen LogP contribution in [0.1, 0.15) is 24.5 Å². The molecule has 0 amide bonds. The van der Waals surface area contributed by atoms with Gasteiger partial charge in [0.15, 0.2) is 0 Å². The number of ether oxygens (including phenoxy) is 1. The number of aromatic nitrogens is 1. The van der Waals surface area contributed by atoms with Gasteiger partial charge in [-0.25, -0.2) is 4.98 Å². The van der Waals surface area contributed by atoms with Crippen LogP contribution in [0.4, 0.5) is 5.82 Å². The first-order chi connectivity index (χ1) is 8.26. The minimum absolute atomic E-state index is 0.248. The summed E-state index contributed by atoms with van der Waals surface area (Å²) in [6, 6.07) is 4.12. The monoisotopic (exact) mass is 231 g/mol. The van der Waals surface area contributed by atoms with Gasteiger partial charge in [-0.3, -0.25) is 0 Å². The van der Waals surface area contributed by atoms with Crippen LogP contribution in [0.5, 0.6) is 0 Å². The van der Waals surface area contributed by atoms with Gasteiger partial charge in [-0.15, -0.1) is 0 Å². The molecule has 1 unspecified atom stereocenters. The second-order valence-corrected chi connectivity index (χ2v) is 4.29. The predicted molar refractivity (Wildman–Crippen MR) is 65.9 cm³/mol. The molecule has 17 heavy (non-hydrogen) atoms. The zero-order chi connectivity index (χ0) is 12.3. The van der Waals surface area contributed by atoms with Crippen LogP contribution in [0.25, 0.3) is 0 Å². The van der Waals surface area contributed by atoms with E-state index in [2.05, 4.69) is 22.9 Å². The van der Waals surface area contributed by atoms with E-state index in [-0.39, 0.29) is 6.10 Å². The van der Waals surface area contributed by atoms with E-state index in [9.17, 15) is 5.26 Å². The number of hydrogen-bond acceptors (Lipinski definition) is 4. The Kier molecular flexibility index (Phi) is 3.60. The van der Waals surface area contributed by atoms with Crippen molar-refractivity contribution < 1.29 is 4.74 Å². The molecule has 1 saturated heterocycles. The molecule has 2 heterocycles. The quantitative estimate of drug-likeness (QED) is 0.779. The third-order valence-corrected chi connectivity index (χ3v) is 3.14. The highest BCUT2D eigenvalue weighted by Crippen LogP contribution is 2.22. The number of hydrogen-bond donors (Lipinski definition) is 0. The summed E-state index contributed by atoms with van der Waals surface area (Å²) in [5.41, 5.74) is 1.67. The zero-order valence-electron chi connectivity index (χ0n) is 10.3. The Morgan fingerprint density at radius 1 is 1.65 bits per heavy atom. The molecule has 1 aliphatic rings. The van der Waals surface area contributed by atoms with Crippen molar-refractivity contribution in [2.24, 2.45) is 0 Å². The maximum absolute atomic E-state index is 9.21. The Labute approximate surface area is 102 Å². The fourth-order valence-corrected chi connectivity index (χ4v) is 2.08. The van der Waals surface area contributed by atoms with Crippen LogP contribution in [-0.4, -0.2) is 30.8 Å². The van der Waals surface area contributed by atoms with E-state index in [0.717, 1.165) is 30.9 Å². The Morgan fingerprint density at radius 2 is 2.47 bits per heavy atom. The van der Waals surface area contributed by atoms with Crippen molar-refractivity contribution in [3.8, 4) is 6.07 Å². The maximum Gasteiger partial charge on any atom is 0.146 e. The molecule has 0 bridgehead atoms. The topological polar surface area (TPSA) is 49.2 Å². The molecule has 1 aliphatic heterocycles. The molecular formula is C13H17N3O. The minimum atomic E-state index is 0.248. The standard InChI is InChI=1S/C13H17N3O/c1-3-11-9-16(6-7-17-11)13-12(8-14)10(2)4-5-15-13/h4-5,11H,3,6-7,9H2,1-2H3. The van der Waals surface area contributed by atoms with Crippen LogP contribution in [0.2, 0.25) is 0 Å². The molecule has 0 radical (unpaired) electrons. The van der Waals surface area contributed by atoms with Gasteiger partial charge in [0.05, 0.1) is 18.3 Å². The van der Waals surface area contributed by atoms with Crippen molar-refractivity contribution in [3.05, 3.63) is 23.4 Å². The molecule has 1 aromatic rings. The SMILES string of the molecule is CCC1CN(c2nccc(C)c2C#N)CCO1. The predicted octanol–water partition coefficient (Wildman–Crippen LogP) is 1.88. The van der Waals surface area contributed by atoms with Gasteiger partial charge >= 0.3 is 0 Å². The largest absolute Gasteiger partial charge is 0.375 e. The van der Waals surface area contributed by atoms with Crippen LogP contribution in [0, 0.1) is 18.3 Å². The number of nitrogens with zero attached hydrogens (tertiary/aromatic N) is 3. The van der Waals surface area contributed by atoms with E-state index in [4.69, 9.17) is 4.74 Å². The van der Waals surface area contributed by atoms with Gasteiger partial charge in [0.2, 0.25) is 0 Å². The Hall–Kier alpha value is -1.60. The molecule has 4 nitrogen and oxygen atoms in total. The summed E-state index contributed by atoms with van der Waals surface area (Å²) < 4.78 is 5.63. The molecule has 0 aliphatic carbocycles. The van der Waals surface area contributed by atoms with E-state index >= 15 is 0 Å². The van der Waals surface area contributed by atoms with E-state index in [1.165, 1.54) is 0 Å². The van der Waals surface area contributed by atoms with Crippen LogP contribution >= 0.6 is 0 Å². The third kappa shape index (κ3) is 2.40. The van der Waals surface area contributed by atoms with Gasteiger partial charge in [0.1, 0.15) is 11.9 Å². The van der Waals surface area contributed by atoms with Gasteiger partial charge in [-0.05, 0) is 25.0 Å². The summed E-state index contributed by atoms with van der Waals surface area (Å²) >= 11 is 0. The second kappa shape index (κ2) is 5.15. The Bertz CT molecular complexity index is 439. The lowest BCUT2D eigenvalue weighted by Crippen LogP contribution is -2.43. The number of rotatable bonds is 2. The van der Waals surface area contributed by atoms with Crippen molar-refractivity contribution in [2.45, 2.75) is 26.4 Å². The first-order valence-electron chi connectivity index (χ1n) is 5.98. The molecular weight excluding hydrogens is 214 g/mol. The summed E-state index contributed by atoms with van der Waals surface area (Å²) in [7, 11) is 0. The molecule has 1 fully saturated rings. The normalized spacial score (nSPS) is 20.1. The van der Waals surface area contributed by atoms with Gasteiger partial charge in [-0.1, -0.05) is 6.92 Å². The second-order valence-electron chi connectivity index (χ2n) is 4.29. The first kappa shape index (κ1) is 11.9. The van der Waals surface area contributed by atoms with E-state index in [1.807, 2.05) is 13.0 Å². The first-order valence-corrected chi connectivity index (χ1v) is 5.98. The fourth-order valence-electron chi connectivity index (χ4n) is 2.08. The highest BCUT2D eigenvalue weighted by Gasteiger charge is 2.22. The molecule has 0 N–H and O–H groups in total. The van der Waals surface area contributed by atoms with Gasteiger partial charge in [0, 0.05) is 19.3 Å². The number of nitriles is 1. The zero-order valence-corrected chi connectivity index (χ0v) is 10.3. The number of morpholine rings is 1. The van der Waals surface area contributed by atoms with Crippen molar-refractivity contribution in [2.75, 3.05) is 24.6 Å². The molecule has 1 aromatic heterocycles. The molecule has 4 heteroatoms. The lowest BCUT2D eigenvalue weighted by atomic mass is 10.1. The molecule has 0 spiro atoms. The molecule has 1 atom stereocenters. The lowest BCUT2D eigenvalue weighted by Gasteiger charge is -2.33. The van der Waals surface area contributed by atoms with Crippen LogP contribution in [0.15, 0.2) is 12.3 Å². The van der Waals surface area contributed by atoms with Gasteiger partial charge in [0.25, 0.3) is 0 Å². The summed E-state index contributed by atoms with van der Waals surface area (Å²) in [6.07, 6.45) is 3.00. The van der Waals surface area contributed by atoms with Crippen molar-refractivity contribution >= 4 is 5.82 Å². The average Bonchev–Trinajstić information content (AvgIpc) is 2.38.